The maximum absolute atomic E-state index is 12.1. The molecule has 0 saturated carbocycles. The molecule has 0 unspecified atom stereocenters. The van der Waals surface area contributed by atoms with Crippen LogP contribution in [0.4, 0.5) is 0 Å². The maximum Gasteiger partial charge on any atom is 0.154 e. The molecule has 1 rings (SSSR count). The molecular weight excluding hydrogens is 282 g/mol. The molecule has 21 heavy (non-hydrogen) atoms. The van der Waals surface area contributed by atoms with E-state index in [-0.39, 0.29) is 11.5 Å². The Hall–Kier alpha value is -1.34. The molecule has 0 spiro atoms. The van der Waals surface area contributed by atoms with Crippen LogP contribution in [-0.4, -0.2) is 14.2 Å². The van der Waals surface area contributed by atoms with Gasteiger partial charge in [0.2, 0.25) is 0 Å². The lowest BCUT2D eigenvalue weighted by Gasteiger charge is -2.05. The first-order chi connectivity index (χ1) is 10.1. The molecule has 0 saturated heterocycles. The summed E-state index contributed by atoms with van der Waals surface area (Å²) >= 11 is 0. The Kier molecular flexibility index (Phi) is 8.07. The molecule has 1 aromatic carbocycles. The summed E-state index contributed by atoms with van der Waals surface area (Å²) in [4.78, 5) is 0. The molecule has 0 aromatic heterocycles. The molecule has 3 nitrogen and oxygen atoms in total. The second-order valence-corrected chi connectivity index (χ2v) is 7.71. The number of rotatable bonds is 10. The van der Waals surface area contributed by atoms with Crippen molar-refractivity contribution in [3.8, 4) is 6.07 Å². The molecule has 0 bridgehead atoms. The van der Waals surface area contributed by atoms with Crippen molar-refractivity contribution in [1.29, 1.82) is 5.26 Å². The first-order valence-corrected chi connectivity index (χ1v) is 9.59. The van der Waals surface area contributed by atoms with Crippen molar-refractivity contribution in [3.05, 3.63) is 35.4 Å². The summed E-state index contributed by atoms with van der Waals surface area (Å²) in [5.74, 6) is 0.288. The highest BCUT2D eigenvalue weighted by Gasteiger charge is 2.11. The molecule has 0 radical (unpaired) electrons. The van der Waals surface area contributed by atoms with Crippen molar-refractivity contribution >= 4 is 9.84 Å². The number of sulfone groups is 1. The normalized spacial score (nSPS) is 11.2. The van der Waals surface area contributed by atoms with Gasteiger partial charge >= 0.3 is 0 Å². The Labute approximate surface area is 128 Å². The van der Waals surface area contributed by atoms with Crippen LogP contribution in [0.5, 0.6) is 0 Å². The SMILES string of the molecule is CCCCCCCCCS(=O)(=O)Cc1cccc(C#N)c1. The summed E-state index contributed by atoms with van der Waals surface area (Å²) in [7, 11) is -3.07. The molecule has 0 aliphatic heterocycles. The zero-order valence-electron chi connectivity index (χ0n) is 12.8. The minimum Gasteiger partial charge on any atom is -0.228 e. The lowest BCUT2D eigenvalue weighted by atomic mass is 10.1. The Balaban J connectivity index is 2.32. The van der Waals surface area contributed by atoms with Gasteiger partial charge in [-0.2, -0.15) is 5.26 Å². The molecule has 0 aliphatic rings. The van der Waals surface area contributed by atoms with E-state index in [9.17, 15) is 8.42 Å². The molecule has 0 atom stereocenters. The van der Waals surface area contributed by atoms with Crippen molar-refractivity contribution in [2.24, 2.45) is 0 Å². The summed E-state index contributed by atoms with van der Waals surface area (Å²) < 4.78 is 24.1. The highest BCUT2D eigenvalue weighted by molar-refractivity contribution is 7.90. The second kappa shape index (κ2) is 9.57. The van der Waals surface area contributed by atoms with Crippen LogP contribution in [0.2, 0.25) is 0 Å². The number of nitriles is 1. The van der Waals surface area contributed by atoms with E-state index in [0.717, 1.165) is 19.3 Å². The molecule has 0 amide bonds. The van der Waals surface area contributed by atoms with Crippen LogP contribution in [0, 0.1) is 11.3 Å². The fraction of sp³-hybridized carbons (Fsp3) is 0.588. The Morgan fingerprint density at radius 2 is 1.71 bits per heavy atom. The lowest BCUT2D eigenvalue weighted by Crippen LogP contribution is -2.09. The van der Waals surface area contributed by atoms with E-state index in [2.05, 4.69) is 6.92 Å². The van der Waals surface area contributed by atoms with Gasteiger partial charge in [-0.25, -0.2) is 8.42 Å². The van der Waals surface area contributed by atoms with Gasteiger partial charge in [0.25, 0.3) is 0 Å². The van der Waals surface area contributed by atoms with Crippen LogP contribution in [0.15, 0.2) is 24.3 Å². The van der Waals surface area contributed by atoms with Gasteiger partial charge in [0.05, 0.1) is 23.1 Å². The molecule has 4 heteroatoms. The average Bonchev–Trinajstić information content (AvgIpc) is 2.46. The molecular formula is C17H25NO2S. The third kappa shape index (κ3) is 7.87. The minimum atomic E-state index is -3.07. The van der Waals surface area contributed by atoms with Crippen LogP contribution < -0.4 is 0 Å². The molecule has 116 valence electrons. The Bertz CT molecular complexity index is 558. The highest BCUT2D eigenvalue weighted by Crippen LogP contribution is 2.12. The quantitative estimate of drug-likeness (QED) is 0.608. The van der Waals surface area contributed by atoms with E-state index in [1.54, 1.807) is 24.3 Å². The standard InChI is InChI=1S/C17H25NO2S/c1-2-3-4-5-6-7-8-12-21(19,20)15-17-11-9-10-16(13-17)14-18/h9-11,13H,2-8,12,15H2,1H3. The van der Waals surface area contributed by atoms with Gasteiger partial charge in [0.15, 0.2) is 9.84 Å². The second-order valence-electron chi connectivity index (χ2n) is 5.53. The van der Waals surface area contributed by atoms with Crippen molar-refractivity contribution in [3.63, 3.8) is 0 Å². The van der Waals surface area contributed by atoms with Gasteiger partial charge in [-0.05, 0) is 24.1 Å². The predicted octanol–water partition coefficient (Wildman–Crippen LogP) is 4.22. The monoisotopic (exact) mass is 307 g/mol. The van der Waals surface area contributed by atoms with Crippen molar-refractivity contribution in [1.82, 2.24) is 0 Å². The fourth-order valence-electron chi connectivity index (χ4n) is 2.34. The molecule has 0 aliphatic carbocycles. The van der Waals surface area contributed by atoms with Gasteiger partial charge in [0.1, 0.15) is 0 Å². The van der Waals surface area contributed by atoms with Crippen molar-refractivity contribution in [2.75, 3.05) is 5.75 Å². The number of benzene rings is 1. The molecule has 0 fully saturated rings. The van der Waals surface area contributed by atoms with Gasteiger partial charge in [-0.15, -0.1) is 0 Å². The predicted molar refractivity (Wildman–Crippen MR) is 86.6 cm³/mol. The Morgan fingerprint density at radius 3 is 2.38 bits per heavy atom. The third-order valence-electron chi connectivity index (χ3n) is 3.50. The van der Waals surface area contributed by atoms with E-state index >= 15 is 0 Å². The maximum atomic E-state index is 12.1. The smallest absolute Gasteiger partial charge is 0.154 e. The minimum absolute atomic E-state index is 0.0400. The molecule has 0 heterocycles. The zero-order valence-corrected chi connectivity index (χ0v) is 13.7. The van der Waals surface area contributed by atoms with E-state index in [1.165, 1.54) is 25.7 Å². The first-order valence-electron chi connectivity index (χ1n) is 7.77. The van der Waals surface area contributed by atoms with Crippen molar-refractivity contribution in [2.45, 2.75) is 57.6 Å². The summed E-state index contributed by atoms with van der Waals surface area (Å²) in [6, 6.07) is 8.88. The van der Waals surface area contributed by atoms with Gasteiger partial charge in [-0.1, -0.05) is 57.6 Å². The van der Waals surface area contributed by atoms with E-state index < -0.39 is 9.84 Å². The highest BCUT2D eigenvalue weighted by atomic mass is 32.2. The van der Waals surface area contributed by atoms with E-state index in [1.807, 2.05) is 6.07 Å². The molecule has 1 aromatic rings. The third-order valence-corrected chi connectivity index (χ3v) is 5.19. The zero-order chi connectivity index (χ0) is 15.6. The van der Waals surface area contributed by atoms with Gasteiger partial charge < -0.3 is 0 Å². The van der Waals surface area contributed by atoms with Crippen molar-refractivity contribution < 1.29 is 8.42 Å². The molecule has 0 N–H and O–H groups in total. The topological polar surface area (TPSA) is 57.9 Å². The van der Waals surface area contributed by atoms with Crippen LogP contribution in [0.1, 0.15) is 63.0 Å². The number of hydrogen-bond donors (Lipinski definition) is 0. The summed E-state index contributed by atoms with van der Waals surface area (Å²) in [6.07, 6.45) is 7.82. The van der Waals surface area contributed by atoms with Gasteiger partial charge in [0, 0.05) is 0 Å². The van der Waals surface area contributed by atoms with E-state index in [4.69, 9.17) is 5.26 Å². The van der Waals surface area contributed by atoms with Crippen LogP contribution in [0.3, 0.4) is 0 Å². The summed E-state index contributed by atoms with van der Waals surface area (Å²) in [6.45, 7) is 2.19. The first kappa shape index (κ1) is 17.7. The number of nitrogens with zero attached hydrogens (tertiary/aromatic N) is 1. The lowest BCUT2D eigenvalue weighted by molar-refractivity contribution is 0.578. The van der Waals surface area contributed by atoms with Crippen LogP contribution in [-0.2, 0) is 15.6 Å². The number of hydrogen-bond acceptors (Lipinski definition) is 3. The van der Waals surface area contributed by atoms with Crippen LogP contribution in [0.25, 0.3) is 0 Å². The summed E-state index contributed by atoms with van der Waals surface area (Å²) in [5.41, 5.74) is 1.22. The largest absolute Gasteiger partial charge is 0.228 e. The summed E-state index contributed by atoms with van der Waals surface area (Å²) in [5, 5.41) is 8.82. The van der Waals surface area contributed by atoms with E-state index in [0.29, 0.717) is 11.1 Å². The number of unbranched alkanes of at least 4 members (excludes halogenated alkanes) is 6. The Morgan fingerprint density at radius 1 is 1.05 bits per heavy atom. The van der Waals surface area contributed by atoms with Crippen LogP contribution >= 0.6 is 0 Å². The fourth-order valence-corrected chi connectivity index (χ4v) is 3.81. The average molecular weight is 307 g/mol. The van der Waals surface area contributed by atoms with Gasteiger partial charge in [-0.3, -0.25) is 0 Å².